The van der Waals surface area contributed by atoms with Gasteiger partial charge in [0.25, 0.3) is 0 Å². The number of carbonyl (C=O) groups excluding carboxylic acids is 1. The Labute approximate surface area is 251 Å². The lowest BCUT2D eigenvalue weighted by atomic mass is 9.86. The molecule has 0 spiro atoms. The van der Waals surface area contributed by atoms with E-state index in [4.69, 9.17) is 4.74 Å². The summed E-state index contributed by atoms with van der Waals surface area (Å²) in [6.45, 7) is 12.5. The van der Waals surface area contributed by atoms with Crippen LogP contribution in [0.5, 0.6) is 5.75 Å². The van der Waals surface area contributed by atoms with Crippen LogP contribution in [0.1, 0.15) is 97.1 Å². The van der Waals surface area contributed by atoms with Crippen LogP contribution in [0, 0.1) is 0 Å². The molecule has 1 heterocycles. The van der Waals surface area contributed by atoms with Crippen molar-refractivity contribution in [1.82, 2.24) is 4.90 Å². The fourth-order valence-corrected chi connectivity index (χ4v) is 5.40. The molecule has 7 heteroatoms. The summed E-state index contributed by atoms with van der Waals surface area (Å²) in [6.07, 6.45) is 12.4. The van der Waals surface area contributed by atoms with Crippen molar-refractivity contribution in [2.45, 2.75) is 97.9 Å². The van der Waals surface area contributed by atoms with Gasteiger partial charge in [-0.1, -0.05) is 90.8 Å². The van der Waals surface area contributed by atoms with Crippen LogP contribution in [-0.2, 0) is 12.0 Å². The lowest BCUT2D eigenvalue weighted by Gasteiger charge is -2.23. The Morgan fingerprint density at radius 2 is 1.62 bits per heavy atom. The minimum absolute atomic E-state index is 0. The average molecular weight is 619 g/mol. The van der Waals surface area contributed by atoms with Gasteiger partial charge in [-0.05, 0) is 53.0 Å². The molecule has 0 unspecified atom stereocenters. The molecule has 3 rings (SSSR count). The average Bonchev–Trinajstić information content (AvgIpc) is 3.26. The van der Waals surface area contributed by atoms with Gasteiger partial charge in [0, 0.05) is 30.2 Å². The Morgan fingerprint density at radius 1 is 0.949 bits per heavy atom. The maximum Gasteiger partial charge on any atom is 0.323 e. The summed E-state index contributed by atoms with van der Waals surface area (Å²) in [5.41, 5.74) is 3.79. The molecule has 2 aromatic rings. The number of nitrogens with one attached hydrogen (secondary N) is 2. The summed E-state index contributed by atoms with van der Waals surface area (Å²) in [6, 6.07) is 13.8. The number of thioether (sulfide) groups is 1. The number of halogens is 1. The molecule has 0 saturated carbocycles. The second-order valence-corrected chi connectivity index (χ2v) is 12.5. The molecule has 0 fully saturated rings. The number of hydrogen-bond acceptors (Lipinski definition) is 4. The zero-order chi connectivity index (χ0) is 27.4. The summed E-state index contributed by atoms with van der Waals surface area (Å²) in [7, 11) is 0. The van der Waals surface area contributed by atoms with Crippen molar-refractivity contribution < 1.29 is 9.53 Å². The van der Waals surface area contributed by atoms with E-state index >= 15 is 0 Å². The second kappa shape index (κ2) is 16.9. The lowest BCUT2D eigenvalue weighted by molar-refractivity contribution is 0.262. The van der Waals surface area contributed by atoms with Crippen LogP contribution in [0.25, 0.3) is 0 Å². The van der Waals surface area contributed by atoms with E-state index in [-0.39, 0.29) is 28.4 Å². The standard InChI is InChI=1S/C32H47N3O2S.BrH/c1-6-7-8-9-10-11-12-13-19-37-30-21-28(17-18-29(30)32(3,4)5)34-31(36)33-27-16-14-15-26(20-27)23-35-22-25(2)38-24-35;/h14-18,20-22H,6-13,19,23-24H2,1-5H3,(H2,33,34,36);1H. The number of anilines is 2. The van der Waals surface area contributed by atoms with Crippen LogP contribution >= 0.6 is 28.7 Å². The Balaban J connectivity index is 0.00000533. The number of benzene rings is 2. The van der Waals surface area contributed by atoms with Gasteiger partial charge in [0.05, 0.1) is 12.5 Å². The highest BCUT2D eigenvalue weighted by Gasteiger charge is 2.20. The number of rotatable bonds is 14. The van der Waals surface area contributed by atoms with Gasteiger partial charge in [-0.15, -0.1) is 28.7 Å². The van der Waals surface area contributed by atoms with E-state index < -0.39 is 0 Å². The number of unbranched alkanes of at least 4 members (excludes halogenated alkanes) is 7. The van der Waals surface area contributed by atoms with Gasteiger partial charge < -0.3 is 20.3 Å². The predicted octanol–water partition coefficient (Wildman–Crippen LogP) is 10.1. The van der Waals surface area contributed by atoms with Crippen molar-refractivity contribution in [2.24, 2.45) is 0 Å². The molecule has 2 aromatic carbocycles. The maximum absolute atomic E-state index is 12.8. The monoisotopic (exact) mass is 617 g/mol. The minimum Gasteiger partial charge on any atom is -0.493 e. The van der Waals surface area contributed by atoms with Crippen molar-refractivity contribution in [2.75, 3.05) is 23.1 Å². The van der Waals surface area contributed by atoms with Crippen molar-refractivity contribution in [3.63, 3.8) is 0 Å². The van der Waals surface area contributed by atoms with Gasteiger partial charge in [-0.3, -0.25) is 0 Å². The number of amides is 2. The van der Waals surface area contributed by atoms with Crippen LogP contribution in [0.3, 0.4) is 0 Å². The van der Waals surface area contributed by atoms with Gasteiger partial charge in [-0.2, -0.15) is 0 Å². The largest absolute Gasteiger partial charge is 0.493 e. The van der Waals surface area contributed by atoms with E-state index in [9.17, 15) is 4.79 Å². The zero-order valence-corrected chi connectivity index (χ0v) is 27.0. The first-order valence-electron chi connectivity index (χ1n) is 14.2. The second-order valence-electron chi connectivity index (χ2n) is 11.3. The Bertz CT molecular complexity index is 1070. The molecule has 0 atom stereocenters. The first-order valence-corrected chi connectivity index (χ1v) is 15.2. The number of ether oxygens (including phenoxy) is 1. The fraction of sp³-hybridized carbons (Fsp3) is 0.531. The molecular weight excluding hydrogens is 570 g/mol. The van der Waals surface area contributed by atoms with E-state index in [2.05, 4.69) is 68.5 Å². The molecule has 0 aliphatic carbocycles. The molecule has 5 nitrogen and oxygen atoms in total. The zero-order valence-electron chi connectivity index (χ0n) is 24.5. The van der Waals surface area contributed by atoms with E-state index in [1.165, 1.54) is 55.4 Å². The van der Waals surface area contributed by atoms with Crippen molar-refractivity contribution in [1.29, 1.82) is 0 Å². The van der Waals surface area contributed by atoms with Gasteiger partial charge in [0.1, 0.15) is 5.75 Å². The number of carbonyl (C=O) groups is 1. The van der Waals surface area contributed by atoms with Crippen molar-refractivity contribution in [3.8, 4) is 5.75 Å². The van der Waals surface area contributed by atoms with E-state index in [0.29, 0.717) is 6.61 Å². The van der Waals surface area contributed by atoms with Crippen LogP contribution in [0.15, 0.2) is 53.6 Å². The van der Waals surface area contributed by atoms with Crippen LogP contribution < -0.4 is 15.4 Å². The topological polar surface area (TPSA) is 53.6 Å². The normalized spacial score (nSPS) is 13.1. The molecule has 0 aromatic heterocycles. The third-order valence-electron chi connectivity index (χ3n) is 6.70. The van der Waals surface area contributed by atoms with Gasteiger partial charge in [0.2, 0.25) is 0 Å². The lowest BCUT2D eigenvalue weighted by Crippen LogP contribution is -2.20. The first-order chi connectivity index (χ1) is 18.2. The summed E-state index contributed by atoms with van der Waals surface area (Å²) in [5.74, 6) is 1.82. The van der Waals surface area contributed by atoms with Gasteiger partial charge in [-0.25, -0.2) is 4.79 Å². The molecule has 0 saturated heterocycles. The predicted molar refractivity (Wildman–Crippen MR) is 174 cm³/mol. The Kier molecular flexibility index (Phi) is 14.3. The molecule has 2 amide bonds. The van der Waals surface area contributed by atoms with Crippen molar-refractivity contribution >= 4 is 46.1 Å². The number of allylic oxidation sites excluding steroid dienone is 1. The van der Waals surface area contributed by atoms with Crippen LogP contribution in [-0.4, -0.2) is 23.4 Å². The van der Waals surface area contributed by atoms with Crippen LogP contribution in [0.4, 0.5) is 16.2 Å². The molecule has 2 N–H and O–H groups in total. The quantitative estimate of drug-likeness (QED) is 0.207. The highest BCUT2D eigenvalue weighted by molar-refractivity contribution is 8.93. The summed E-state index contributed by atoms with van der Waals surface area (Å²) >= 11 is 1.85. The third-order valence-corrected chi connectivity index (χ3v) is 7.72. The highest BCUT2D eigenvalue weighted by atomic mass is 79.9. The van der Waals surface area contributed by atoms with Gasteiger partial charge in [0.15, 0.2) is 0 Å². The molecule has 0 radical (unpaired) electrons. The molecular formula is C32H48BrN3O2S. The number of urea groups is 1. The molecule has 0 bridgehead atoms. The summed E-state index contributed by atoms with van der Waals surface area (Å²) in [5, 5.41) is 5.97. The molecule has 1 aliphatic heterocycles. The minimum atomic E-state index is -0.257. The van der Waals surface area contributed by atoms with E-state index in [0.717, 1.165) is 41.5 Å². The summed E-state index contributed by atoms with van der Waals surface area (Å²) < 4.78 is 6.25. The maximum atomic E-state index is 12.8. The van der Waals surface area contributed by atoms with E-state index in [1.807, 2.05) is 42.1 Å². The smallest absolute Gasteiger partial charge is 0.323 e. The highest BCUT2D eigenvalue weighted by Crippen LogP contribution is 2.34. The summed E-state index contributed by atoms with van der Waals surface area (Å²) in [4.78, 5) is 16.4. The number of nitrogens with zero attached hydrogens (tertiary/aromatic N) is 1. The van der Waals surface area contributed by atoms with Crippen LogP contribution in [0.2, 0.25) is 0 Å². The van der Waals surface area contributed by atoms with E-state index in [1.54, 1.807) is 0 Å². The van der Waals surface area contributed by atoms with Gasteiger partial charge >= 0.3 is 6.03 Å². The van der Waals surface area contributed by atoms with Crippen molar-refractivity contribution in [3.05, 3.63) is 64.7 Å². The Hall–Kier alpha value is -2.12. The third kappa shape index (κ3) is 11.9. The number of hydrogen-bond donors (Lipinski definition) is 2. The molecule has 1 aliphatic rings. The Morgan fingerprint density at radius 3 is 2.26 bits per heavy atom. The first kappa shape index (κ1) is 33.1. The SMILES string of the molecule is Br.CCCCCCCCCCOc1cc(NC(=O)Nc2cccc(CN3C=C(C)SC3)c2)ccc1C(C)(C)C. The fourth-order valence-electron chi connectivity index (χ4n) is 4.64. The molecule has 216 valence electrons. The molecule has 39 heavy (non-hydrogen) atoms.